The van der Waals surface area contributed by atoms with Crippen LogP contribution in [0, 0.1) is 5.92 Å². The van der Waals surface area contributed by atoms with E-state index in [1.165, 1.54) is 12.8 Å². The first kappa shape index (κ1) is 12.5. The lowest BCUT2D eigenvalue weighted by molar-refractivity contribution is 0.0384. The van der Waals surface area contributed by atoms with E-state index in [1.54, 1.807) is 0 Å². The Morgan fingerprint density at radius 3 is 2.82 bits per heavy atom. The van der Waals surface area contributed by atoms with Gasteiger partial charge in [-0.3, -0.25) is 0 Å². The van der Waals surface area contributed by atoms with Gasteiger partial charge >= 0.3 is 0 Å². The van der Waals surface area contributed by atoms with E-state index >= 15 is 0 Å². The molecule has 1 aliphatic carbocycles. The van der Waals surface area contributed by atoms with Crippen LogP contribution in [-0.2, 0) is 4.74 Å². The van der Waals surface area contributed by atoms with Crippen LogP contribution in [0.25, 0.3) is 0 Å². The summed E-state index contributed by atoms with van der Waals surface area (Å²) in [4.78, 5) is 4.38. The van der Waals surface area contributed by atoms with Gasteiger partial charge in [-0.25, -0.2) is 0 Å². The fraction of sp³-hybridized carbons (Fsp3) is 0.833. The van der Waals surface area contributed by atoms with Crippen LogP contribution >= 0.6 is 0 Å². The molecule has 2 rings (SSSR count). The zero-order valence-electron chi connectivity index (χ0n) is 10.6. The highest BCUT2D eigenvalue weighted by molar-refractivity contribution is 5.00. The maximum Gasteiger partial charge on any atom is 0.243 e. The SMILES string of the molecule is CCCC(N)c1nc(C(OCC)C2CC2)no1. The largest absolute Gasteiger partial charge is 0.370 e. The molecule has 2 N–H and O–H groups in total. The minimum Gasteiger partial charge on any atom is -0.370 e. The van der Waals surface area contributed by atoms with Crippen LogP contribution in [-0.4, -0.2) is 16.7 Å². The van der Waals surface area contributed by atoms with Gasteiger partial charge in [-0.2, -0.15) is 4.98 Å². The van der Waals surface area contributed by atoms with Gasteiger partial charge in [0.2, 0.25) is 11.7 Å². The summed E-state index contributed by atoms with van der Waals surface area (Å²) in [7, 11) is 0. The van der Waals surface area contributed by atoms with E-state index < -0.39 is 0 Å². The molecule has 0 aromatic carbocycles. The number of hydrogen-bond acceptors (Lipinski definition) is 5. The molecule has 0 saturated heterocycles. The van der Waals surface area contributed by atoms with E-state index in [2.05, 4.69) is 17.1 Å². The summed E-state index contributed by atoms with van der Waals surface area (Å²) in [6.07, 6.45) is 4.25. The Morgan fingerprint density at radius 1 is 1.47 bits per heavy atom. The van der Waals surface area contributed by atoms with Crippen LogP contribution in [0.4, 0.5) is 0 Å². The maximum atomic E-state index is 5.95. The van der Waals surface area contributed by atoms with Gasteiger partial charge in [-0.05, 0) is 32.1 Å². The van der Waals surface area contributed by atoms with E-state index in [0.717, 1.165) is 12.8 Å². The highest BCUT2D eigenvalue weighted by Crippen LogP contribution is 2.42. The zero-order valence-corrected chi connectivity index (χ0v) is 10.6. The van der Waals surface area contributed by atoms with Gasteiger partial charge in [-0.1, -0.05) is 18.5 Å². The van der Waals surface area contributed by atoms with Crippen LogP contribution < -0.4 is 5.73 Å². The normalized spacial score (nSPS) is 19.2. The van der Waals surface area contributed by atoms with Crippen LogP contribution in [0.1, 0.15) is 63.4 Å². The van der Waals surface area contributed by atoms with Crippen molar-refractivity contribution in [3.05, 3.63) is 11.7 Å². The first-order valence-corrected chi connectivity index (χ1v) is 6.46. The molecular weight excluding hydrogens is 218 g/mol. The van der Waals surface area contributed by atoms with Crippen molar-refractivity contribution < 1.29 is 9.26 Å². The smallest absolute Gasteiger partial charge is 0.243 e. The topological polar surface area (TPSA) is 74.2 Å². The molecule has 2 atom stereocenters. The molecular formula is C12H21N3O2. The second kappa shape index (κ2) is 5.60. The van der Waals surface area contributed by atoms with Gasteiger partial charge in [-0.15, -0.1) is 0 Å². The molecule has 5 heteroatoms. The fourth-order valence-corrected chi connectivity index (χ4v) is 1.95. The minimum absolute atomic E-state index is 0.00803. The molecule has 2 unspecified atom stereocenters. The third-order valence-electron chi connectivity index (χ3n) is 3.03. The number of nitrogens with zero attached hydrogens (tertiary/aromatic N) is 2. The first-order valence-electron chi connectivity index (χ1n) is 6.46. The molecule has 0 bridgehead atoms. The Kier molecular flexibility index (Phi) is 4.12. The summed E-state index contributed by atoms with van der Waals surface area (Å²) >= 11 is 0. The van der Waals surface area contributed by atoms with Crippen molar-refractivity contribution in [1.82, 2.24) is 10.1 Å². The van der Waals surface area contributed by atoms with Crippen LogP contribution in [0.3, 0.4) is 0 Å². The lowest BCUT2D eigenvalue weighted by Gasteiger charge is -2.11. The van der Waals surface area contributed by atoms with Gasteiger partial charge in [0.25, 0.3) is 0 Å². The summed E-state index contributed by atoms with van der Waals surface area (Å²) in [5.41, 5.74) is 5.95. The summed E-state index contributed by atoms with van der Waals surface area (Å²) in [6, 6.07) is -0.150. The monoisotopic (exact) mass is 239 g/mol. The molecule has 1 aromatic rings. The van der Waals surface area contributed by atoms with Crippen molar-refractivity contribution >= 4 is 0 Å². The van der Waals surface area contributed by atoms with Crippen molar-refractivity contribution in [1.29, 1.82) is 0 Å². The maximum absolute atomic E-state index is 5.95. The third-order valence-corrected chi connectivity index (χ3v) is 3.03. The number of hydrogen-bond donors (Lipinski definition) is 1. The highest BCUT2D eigenvalue weighted by Gasteiger charge is 2.36. The van der Waals surface area contributed by atoms with Crippen molar-refractivity contribution in [3.63, 3.8) is 0 Å². The third kappa shape index (κ3) is 3.04. The molecule has 0 spiro atoms. The van der Waals surface area contributed by atoms with Gasteiger partial charge in [0, 0.05) is 6.61 Å². The Bertz CT molecular complexity index is 349. The standard InChI is InChI=1S/C12H21N3O2/c1-3-5-9(13)12-14-11(15-17-12)10(16-4-2)8-6-7-8/h8-10H,3-7,13H2,1-2H3. The van der Waals surface area contributed by atoms with Crippen LogP contribution in [0.5, 0.6) is 0 Å². The van der Waals surface area contributed by atoms with Crippen LogP contribution in [0.2, 0.25) is 0 Å². The predicted octanol–water partition coefficient (Wildman–Crippen LogP) is 2.36. The van der Waals surface area contributed by atoms with Crippen molar-refractivity contribution in [2.75, 3.05) is 6.61 Å². The van der Waals surface area contributed by atoms with E-state index in [1.807, 2.05) is 6.92 Å². The zero-order chi connectivity index (χ0) is 12.3. The average molecular weight is 239 g/mol. The first-order chi connectivity index (χ1) is 8.26. The average Bonchev–Trinajstić information content (AvgIpc) is 3.03. The lowest BCUT2D eigenvalue weighted by atomic mass is 10.2. The Labute approximate surface area is 102 Å². The van der Waals surface area contributed by atoms with Crippen molar-refractivity contribution in [3.8, 4) is 0 Å². The quantitative estimate of drug-likeness (QED) is 0.790. The van der Waals surface area contributed by atoms with Gasteiger partial charge in [0.15, 0.2) is 0 Å². The number of aromatic nitrogens is 2. The van der Waals surface area contributed by atoms with E-state index in [0.29, 0.717) is 24.2 Å². The molecule has 17 heavy (non-hydrogen) atoms. The second-order valence-electron chi connectivity index (χ2n) is 4.60. The molecule has 1 saturated carbocycles. The highest BCUT2D eigenvalue weighted by atomic mass is 16.5. The Balaban J connectivity index is 2.04. The lowest BCUT2D eigenvalue weighted by Crippen LogP contribution is -2.12. The summed E-state index contributed by atoms with van der Waals surface area (Å²) in [5.74, 6) is 1.76. The Morgan fingerprint density at radius 2 is 2.24 bits per heavy atom. The summed E-state index contributed by atoms with van der Waals surface area (Å²) in [5, 5.41) is 4.01. The summed E-state index contributed by atoms with van der Waals surface area (Å²) < 4.78 is 10.9. The molecule has 0 radical (unpaired) electrons. The molecule has 1 fully saturated rings. The van der Waals surface area contributed by atoms with Gasteiger partial charge < -0.3 is 15.0 Å². The summed E-state index contributed by atoms with van der Waals surface area (Å²) in [6.45, 7) is 4.75. The van der Waals surface area contributed by atoms with Crippen LogP contribution in [0.15, 0.2) is 4.52 Å². The minimum atomic E-state index is -0.150. The number of ether oxygens (including phenoxy) is 1. The molecule has 96 valence electrons. The Hall–Kier alpha value is -0.940. The second-order valence-corrected chi connectivity index (χ2v) is 4.60. The molecule has 1 heterocycles. The number of nitrogens with two attached hydrogens (primary N) is 1. The predicted molar refractivity (Wildman–Crippen MR) is 63.2 cm³/mol. The van der Waals surface area contributed by atoms with E-state index in [-0.39, 0.29) is 12.1 Å². The molecule has 1 aliphatic rings. The fourth-order valence-electron chi connectivity index (χ4n) is 1.95. The van der Waals surface area contributed by atoms with E-state index in [9.17, 15) is 0 Å². The van der Waals surface area contributed by atoms with Crippen molar-refractivity contribution in [2.45, 2.75) is 51.7 Å². The number of rotatable bonds is 7. The molecule has 1 aromatic heterocycles. The molecule has 0 aliphatic heterocycles. The molecule has 0 amide bonds. The van der Waals surface area contributed by atoms with Crippen molar-refractivity contribution in [2.24, 2.45) is 11.7 Å². The van der Waals surface area contributed by atoms with Gasteiger partial charge in [0.05, 0.1) is 6.04 Å². The van der Waals surface area contributed by atoms with E-state index in [4.69, 9.17) is 15.0 Å². The van der Waals surface area contributed by atoms with Gasteiger partial charge in [0.1, 0.15) is 6.10 Å². The molecule has 5 nitrogen and oxygen atoms in total.